The summed E-state index contributed by atoms with van der Waals surface area (Å²) in [6.07, 6.45) is 0. The average molecular weight is 468 g/mol. The summed E-state index contributed by atoms with van der Waals surface area (Å²) in [4.78, 5) is 15.6. The number of carbonyl (C=O) groups is 1. The van der Waals surface area contributed by atoms with Crippen molar-refractivity contribution in [2.24, 2.45) is 0 Å². The van der Waals surface area contributed by atoms with E-state index in [1.54, 1.807) is 23.2 Å². The fourth-order valence-corrected chi connectivity index (χ4v) is 7.31. The van der Waals surface area contributed by atoms with Gasteiger partial charge in [-0.25, -0.2) is 8.42 Å². The zero-order valence-electron chi connectivity index (χ0n) is 17.5. The van der Waals surface area contributed by atoms with Crippen molar-refractivity contribution in [3.05, 3.63) is 51.7 Å². The minimum atomic E-state index is -3.65. The molecule has 164 valence electrons. The van der Waals surface area contributed by atoms with Crippen LogP contribution in [0.15, 0.2) is 40.6 Å². The molecule has 0 spiro atoms. The van der Waals surface area contributed by atoms with Crippen molar-refractivity contribution in [1.29, 1.82) is 0 Å². The van der Waals surface area contributed by atoms with E-state index in [-0.39, 0.29) is 15.7 Å². The number of thioether (sulfide) groups is 1. The number of rotatable bonds is 9. The average Bonchev–Trinajstić information content (AvgIpc) is 3.28. The van der Waals surface area contributed by atoms with Crippen LogP contribution in [0.3, 0.4) is 0 Å². The van der Waals surface area contributed by atoms with Gasteiger partial charge in [0.25, 0.3) is 5.91 Å². The van der Waals surface area contributed by atoms with Crippen molar-refractivity contribution < 1.29 is 13.2 Å². The summed E-state index contributed by atoms with van der Waals surface area (Å²) in [5.41, 5.74) is 2.22. The maximum absolute atomic E-state index is 13.0. The molecule has 9 heteroatoms. The van der Waals surface area contributed by atoms with Crippen LogP contribution < -0.4 is 5.32 Å². The quantitative estimate of drug-likeness (QED) is 0.613. The predicted molar refractivity (Wildman–Crippen MR) is 125 cm³/mol. The second-order valence-electron chi connectivity index (χ2n) is 7.04. The lowest BCUT2D eigenvalue weighted by atomic mass is 10.1. The van der Waals surface area contributed by atoms with Gasteiger partial charge in [0.15, 0.2) is 0 Å². The van der Waals surface area contributed by atoms with Crippen LogP contribution in [0.4, 0.5) is 0 Å². The van der Waals surface area contributed by atoms with Crippen molar-refractivity contribution in [3.8, 4) is 0 Å². The molecule has 0 unspecified atom stereocenters. The highest BCUT2D eigenvalue weighted by Crippen LogP contribution is 2.27. The molecule has 2 aromatic rings. The Hall–Kier alpha value is -1.39. The molecule has 3 rings (SSSR count). The molecule has 0 saturated carbocycles. The number of sulfonamides is 1. The molecule has 1 aromatic heterocycles. The summed E-state index contributed by atoms with van der Waals surface area (Å²) < 4.78 is 27.5. The van der Waals surface area contributed by atoms with E-state index >= 15 is 0 Å². The van der Waals surface area contributed by atoms with Crippen LogP contribution in [-0.2, 0) is 23.1 Å². The number of carbonyl (C=O) groups excluding carboxylic acids is 1. The van der Waals surface area contributed by atoms with Crippen molar-refractivity contribution in [2.45, 2.75) is 31.8 Å². The van der Waals surface area contributed by atoms with Gasteiger partial charge >= 0.3 is 0 Å². The third-order valence-corrected chi connectivity index (χ3v) is 9.20. The van der Waals surface area contributed by atoms with Gasteiger partial charge in [-0.15, -0.1) is 11.3 Å². The minimum absolute atomic E-state index is 0.119. The van der Waals surface area contributed by atoms with Crippen LogP contribution in [0, 0.1) is 0 Å². The topological polar surface area (TPSA) is 69.7 Å². The van der Waals surface area contributed by atoms with Gasteiger partial charge in [0.05, 0.1) is 0 Å². The highest BCUT2D eigenvalue weighted by molar-refractivity contribution is 7.99. The van der Waals surface area contributed by atoms with Gasteiger partial charge in [-0.05, 0) is 35.7 Å². The molecule has 2 heterocycles. The van der Waals surface area contributed by atoms with Gasteiger partial charge in [-0.1, -0.05) is 38.1 Å². The van der Waals surface area contributed by atoms with E-state index < -0.39 is 10.0 Å². The van der Waals surface area contributed by atoms with Crippen molar-refractivity contribution in [3.63, 3.8) is 0 Å². The van der Waals surface area contributed by atoms with Gasteiger partial charge in [0.1, 0.15) is 9.77 Å². The van der Waals surface area contributed by atoms with Gasteiger partial charge in [0.2, 0.25) is 10.0 Å². The number of thiophene rings is 1. The molecule has 0 bridgehead atoms. The van der Waals surface area contributed by atoms with Crippen LogP contribution in [0.5, 0.6) is 0 Å². The Morgan fingerprint density at radius 3 is 2.43 bits per heavy atom. The Morgan fingerprint density at radius 2 is 1.77 bits per heavy atom. The molecule has 0 aliphatic carbocycles. The van der Waals surface area contributed by atoms with E-state index in [1.165, 1.54) is 21.2 Å². The van der Waals surface area contributed by atoms with Gasteiger partial charge in [-0.2, -0.15) is 16.1 Å². The first-order chi connectivity index (χ1) is 14.5. The predicted octanol–water partition coefficient (Wildman–Crippen LogP) is 3.26. The second kappa shape index (κ2) is 10.8. The maximum Gasteiger partial charge on any atom is 0.263 e. The van der Waals surface area contributed by atoms with Crippen molar-refractivity contribution in [2.75, 3.05) is 37.7 Å². The minimum Gasteiger partial charge on any atom is -0.347 e. The molecule has 0 atom stereocenters. The molecule has 1 saturated heterocycles. The van der Waals surface area contributed by atoms with Crippen LogP contribution in [0.1, 0.15) is 34.6 Å². The first kappa shape index (κ1) is 23.3. The van der Waals surface area contributed by atoms with Gasteiger partial charge in [-0.3, -0.25) is 9.69 Å². The molecule has 1 amide bonds. The molecule has 1 aliphatic rings. The van der Waals surface area contributed by atoms with Crippen LogP contribution >= 0.6 is 23.1 Å². The van der Waals surface area contributed by atoms with E-state index in [9.17, 15) is 13.2 Å². The second-order valence-corrected chi connectivity index (χ2v) is 11.1. The molecule has 1 aromatic carbocycles. The summed E-state index contributed by atoms with van der Waals surface area (Å²) in [5, 5.41) is 4.61. The van der Waals surface area contributed by atoms with E-state index in [2.05, 4.69) is 30.1 Å². The van der Waals surface area contributed by atoms with Crippen LogP contribution in [-0.4, -0.2) is 61.2 Å². The summed E-state index contributed by atoms with van der Waals surface area (Å²) >= 11 is 2.93. The molecule has 1 aliphatic heterocycles. The molecule has 1 N–H and O–H groups in total. The number of nitrogens with one attached hydrogen (secondary N) is 1. The number of hydrogen-bond donors (Lipinski definition) is 1. The molecule has 1 fully saturated rings. The lowest BCUT2D eigenvalue weighted by Gasteiger charge is -2.25. The van der Waals surface area contributed by atoms with E-state index in [0.717, 1.165) is 36.7 Å². The highest BCUT2D eigenvalue weighted by atomic mass is 32.2. The Labute approximate surface area is 187 Å². The highest BCUT2D eigenvalue weighted by Gasteiger charge is 2.31. The van der Waals surface area contributed by atoms with E-state index in [1.807, 2.05) is 18.2 Å². The molecular formula is C21H29N3O3S3. The summed E-state index contributed by atoms with van der Waals surface area (Å²) in [7, 11) is -3.65. The third-order valence-electron chi connectivity index (χ3n) is 5.27. The summed E-state index contributed by atoms with van der Waals surface area (Å²) in [5.74, 6) is 1.23. The lowest BCUT2D eigenvalue weighted by Crippen LogP contribution is -2.38. The maximum atomic E-state index is 13.0. The smallest absolute Gasteiger partial charge is 0.263 e. The fourth-order valence-electron chi connectivity index (χ4n) is 3.42. The Kier molecular flexibility index (Phi) is 8.35. The van der Waals surface area contributed by atoms with E-state index in [0.29, 0.717) is 19.6 Å². The van der Waals surface area contributed by atoms with Crippen molar-refractivity contribution >= 4 is 39.0 Å². The molecule has 0 radical (unpaired) electrons. The fraction of sp³-hybridized carbons (Fsp3) is 0.476. The monoisotopic (exact) mass is 467 g/mol. The first-order valence-electron chi connectivity index (χ1n) is 10.2. The van der Waals surface area contributed by atoms with Crippen LogP contribution in [0.2, 0.25) is 0 Å². The SMILES string of the molecule is CCN(CC)Cc1ccccc1CNC(=O)c1sccc1S(=O)(=O)N1CCSCC1. The summed E-state index contributed by atoms with van der Waals surface area (Å²) in [6.45, 7) is 8.36. The Bertz CT molecular complexity index is 949. The first-order valence-corrected chi connectivity index (χ1v) is 13.7. The standard InChI is InChI=1S/C21H29N3O3S3/c1-3-23(4-2)16-18-8-6-5-7-17(18)15-22-21(25)20-19(9-12-29-20)30(26,27)24-10-13-28-14-11-24/h5-9,12H,3-4,10-11,13-16H2,1-2H3,(H,22,25). The number of benzene rings is 1. The Balaban J connectivity index is 1.72. The van der Waals surface area contributed by atoms with Crippen LogP contribution in [0.25, 0.3) is 0 Å². The van der Waals surface area contributed by atoms with Gasteiger partial charge < -0.3 is 5.32 Å². The zero-order valence-corrected chi connectivity index (χ0v) is 19.9. The largest absolute Gasteiger partial charge is 0.347 e. The molecular weight excluding hydrogens is 438 g/mol. The Morgan fingerprint density at radius 1 is 1.10 bits per heavy atom. The normalized spacial score (nSPS) is 15.4. The lowest BCUT2D eigenvalue weighted by molar-refractivity contribution is 0.0951. The van der Waals surface area contributed by atoms with Gasteiger partial charge in [0, 0.05) is 37.7 Å². The number of amides is 1. The van der Waals surface area contributed by atoms with Crippen molar-refractivity contribution in [1.82, 2.24) is 14.5 Å². The number of hydrogen-bond acceptors (Lipinski definition) is 6. The van der Waals surface area contributed by atoms with E-state index in [4.69, 9.17) is 0 Å². The third kappa shape index (κ3) is 5.45. The number of nitrogens with zero attached hydrogens (tertiary/aromatic N) is 2. The molecule has 6 nitrogen and oxygen atoms in total. The summed E-state index contributed by atoms with van der Waals surface area (Å²) in [6, 6.07) is 9.60. The molecule has 30 heavy (non-hydrogen) atoms. The zero-order chi connectivity index (χ0) is 21.6.